The van der Waals surface area contributed by atoms with Crippen molar-refractivity contribution in [1.29, 1.82) is 0 Å². The molecular formula is C18H22N4O3S. The molecule has 0 saturated heterocycles. The molecule has 3 aromatic rings. The summed E-state index contributed by atoms with van der Waals surface area (Å²) in [5.74, 6) is 0.777. The summed E-state index contributed by atoms with van der Waals surface area (Å²) in [4.78, 5) is 21.2. The van der Waals surface area contributed by atoms with Crippen LogP contribution in [0.2, 0.25) is 0 Å². The molecule has 0 atom stereocenters. The molecule has 0 saturated carbocycles. The van der Waals surface area contributed by atoms with E-state index >= 15 is 0 Å². The minimum Gasteiger partial charge on any atom is -0.494 e. The van der Waals surface area contributed by atoms with Crippen molar-refractivity contribution in [1.82, 2.24) is 15.0 Å². The lowest BCUT2D eigenvalue weighted by atomic mass is 10.3. The first kappa shape index (κ1) is 18.3. The number of benzene rings is 1. The topological polar surface area (TPSA) is 71.7 Å². The molecule has 0 unspecified atom stereocenters. The minimum absolute atomic E-state index is 0.218. The van der Waals surface area contributed by atoms with Crippen LogP contribution in [-0.2, 0) is 0 Å². The number of ether oxygens (including phenoxy) is 1. The smallest absolute Gasteiger partial charge is 0.298 e. The van der Waals surface area contributed by atoms with Crippen molar-refractivity contribution in [3.8, 4) is 5.75 Å². The fourth-order valence-electron chi connectivity index (χ4n) is 2.45. The highest BCUT2D eigenvalue weighted by Gasteiger charge is 2.24. The van der Waals surface area contributed by atoms with Crippen molar-refractivity contribution in [2.75, 3.05) is 38.7 Å². The first-order valence-corrected chi connectivity index (χ1v) is 9.23. The Balaban J connectivity index is 1.95. The summed E-state index contributed by atoms with van der Waals surface area (Å²) in [6, 6.07) is 7.40. The zero-order valence-electron chi connectivity index (χ0n) is 15.4. The maximum atomic E-state index is 12.9. The predicted molar refractivity (Wildman–Crippen MR) is 102 cm³/mol. The van der Waals surface area contributed by atoms with Gasteiger partial charge in [0.1, 0.15) is 5.75 Å². The van der Waals surface area contributed by atoms with Gasteiger partial charge in [-0.2, -0.15) is 0 Å². The Kier molecular flexibility index (Phi) is 5.53. The third-order valence-electron chi connectivity index (χ3n) is 3.75. The molecule has 0 bridgehead atoms. The second kappa shape index (κ2) is 7.84. The third-order valence-corrected chi connectivity index (χ3v) is 4.79. The SMILES string of the molecule is CCOc1ccc2nc(N(CCN(C)C)C(=O)c3cc(C)no3)sc2c1. The number of nitrogens with zero attached hydrogens (tertiary/aromatic N) is 4. The van der Waals surface area contributed by atoms with E-state index in [1.54, 1.807) is 17.9 Å². The van der Waals surface area contributed by atoms with Crippen LogP contribution >= 0.6 is 11.3 Å². The van der Waals surface area contributed by atoms with E-state index in [2.05, 4.69) is 10.1 Å². The van der Waals surface area contributed by atoms with Gasteiger partial charge >= 0.3 is 0 Å². The standard InChI is InChI=1S/C18H22N4O3S/c1-5-24-13-6-7-14-16(11-13)26-18(19-14)22(9-8-21(3)4)17(23)15-10-12(2)20-25-15/h6-7,10-11H,5,8-9H2,1-4H3. The number of carbonyl (C=O) groups excluding carboxylic acids is 1. The Morgan fingerprint density at radius 1 is 1.27 bits per heavy atom. The molecule has 3 rings (SSSR count). The lowest BCUT2D eigenvalue weighted by Crippen LogP contribution is -2.36. The van der Waals surface area contributed by atoms with Crippen LogP contribution in [0.3, 0.4) is 0 Å². The maximum Gasteiger partial charge on any atom is 0.298 e. The number of carbonyl (C=O) groups is 1. The van der Waals surface area contributed by atoms with Gasteiger partial charge in [0, 0.05) is 19.2 Å². The maximum absolute atomic E-state index is 12.9. The lowest BCUT2D eigenvalue weighted by Gasteiger charge is -2.20. The van der Waals surface area contributed by atoms with Crippen LogP contribution in [-0.4, -0.2) is 54.7 Å². The summed E-state index contributed by atoms with van der Waals surface area (Å²) in [6.07, 6.45) is 0. The number of hydrogen-bond donors (Lipinski definition) is 0. The number of likely N-dealkylation sites (N-methyl/N-ethyl adjacent to an activating group) is 1. The highest BCUT2D eigenvalue weighted by atomic mass is 32.1. The molecule has 0 radical (unpaired) electrons. The van der Waals surface area contributed by atoms with Crippen LogP contribution in [0.4, 0.5) is 5.13 Å². The monoisotopic (exact) mass is 374 g/mol. The number of aryl methyl sites for hydroxylation is 1. The van der Waals surface area contributed by atoms with E-state index in [4.69, 9.17) is 9.26 Å². The zero-order chi connectivity index (χ0) is 18.7. The number of aromatic nitrogens is 2. The molecule has 0 aliphatic heterocycles. The van der Waals surface area contributed by atoms with Crippen LogP contribution in [0.15, 0.2) is 28.8 Å². The average Bonchev–Trinajstić information content (AvgIpc) is 3.20. The molecule has 8 heteroatoms. The lowest BCUT2D eigenvalue weighted by molar-refractivity contribution is 0.0949. The predicted octanol–water partition coefficient (Wildman–Crippen LogP) is 3.20. The molecule has 0 fully saturated rings. The molecule has 0 N–H and O–H groups in total. The molecular weight excluding hydrogens is 352 g/mol. The van der Waals surface area contributed by atoms with E-state index < -0.39 is 0 Å². The van der Waals surface area contributed by atoms with Crippen molar-refractivity contribution in [2.24, 2.45) is 0 Å². The van der Waals surface area contributed by atoms with Crippen LogP contribution in [0, 0.1) is 6.92 Å². The summed E-state index contributed by atoms with van der Waals surface area (Å²) in [5, 5.41) is 4.45. The number of hydrogen-bond acceptors (Lipinski definition) is 7. The van der Waals surface area contributed by atoms with Gasteiger partial charge in [0.05, 0.1) is 22.5 Å². The van der Waals surface area contributed by atoms with Crippen molar-refractivity contribution in [2.45, 2.75) is 13.8 Å². The van der Waals surface area contributed by atoms with Gasteiger partial charge in [-0.1, -0.05) is 16.5 Å². The number of fused-ring (bicyclic) bond motifs is 1. The van der Waals surface area contributed by atoms with E-state index in [9.17, 15) is 4.79 Å². The molecule has 0 spiro atoms. The Morgan fingerprint density at radius 2 is 2.08 bits per heavy atom. The normalized spacial score (nSPS) is 11.3. The number of thiazole rings is 1. The Bertz CT molecular complexity index is 903. The van der Waals surface area contributed by atoms with Crippen molar-refractivity contribution in [3.63, 3.8) is 0 Å². The van der Waals surface area contributed by atoms with E-state index in [0.717, 1.165) is 16.0 Å². The molecule has 1 amide bonds. The average molecular weight is 374 g/mol. The molecule has 0 aliphatic carbocycles. The van der Waals surface area contributed by atoms with Crippen molar-refractivity contribution >= 4 is 32.6 Å². The summed E-state index contributed by atoms with van der Waals surface area (Å²) >= 11 is 1.46. The Morgan fingerprint density at radius 3 is 2.73 bits per heavy atom. The molecule has 7 nitrogen and oxygen atoms in total. The van der Waals surface area contributed by atoms with Crippen LogP contribution in [0.5, 0.6) is 5.75 Å². The summed E-state index contributed by atoms with van der Waals surface area (Å²) < 4.78 is 11.7. The fourth-order valence-corrected chi connectivity index (χ4v) is 3.46. The van der Waals surface area contributed by atoms with E-state index in [1.807, 2.05) is 44.1 Å². The van der Waals surface area contributed by atoms with Gasteiger partial charge in [0.2, 0.25) is 5.76 Å². The second-order valence-electron chi connectivity index (χ2n) is 6.15. The quantitative estimate of drug-likeness (QED) is 0.632. The van der Waals surface area contributed by atoms with Gasteiger partial charge < -0.3 is 14.2 Å². The molecule has 26 heavy (non-hydrogen) atoms. The van der Waals surface area contributed by atoms with E-state index in [0.29, 0.717) is 30.5 Å². The van der Waals surface area contributed by atoms with Gasteiger partial charge in [-0.05, 0) is 46.1 Å². The van der Waals surface area contributed by atoms with Crippen LogP contribution < -0.4 is 9.64 Å². The summed E-state index contributed by atoms with van der Waals surface area (Å²) in [6.45, 7) is 5.55. The van der Waals surface area contributed by atoms with Gasteiger partial charge in [0.15, 0.2) is 5.13 Å². The zero-order valence-corrected chi connectivity index (χ0v) is 16.2. The summed E-state index contributed by atoms with van der Waals surface area (Å²) in [7, 11) is 3.93. The van der Waals surface area contributed by atoms with Gasteiger partial charge in [-0.25, -0.2) is 4.98 Å². The number of anilines is 1. The van der Waals surface area contributed by atoms with Gasteiger partial charge in [-0.3, -0.25) is 9.69 Å². The molecule has 138 valence electrons. The first-order valence-electron chi connectivity index (χ1n) is 8.41. The van der Waals surface area contributed by atoms with Crippen molar-refractivity contribution in [3.05, 3.63) is 35.7 Å². The number of rotatable bonds is 7. The molecule has 2 heterocycles. The molecule has 2 aromatic heterocycles. The van der Waals surface area contributed by atoms with Crippen LogP contribution in [0.1, 0.15) is 23.2 Å². The molecule has 1 aromatic carbocycles. The summed E-state index contributed by atoms with van der Waals surface area (Å²) in [5.41, 5.74) is 1.51. The van der Waals surface area contributed by atoms with Crippen LogP contribution in [0.25, 0.3) is 10.2 Å². The minimum atomic E-state index is -0.239. The highest BCUT2D eigenvalue weighted by molar-refractivity contribution is 7.22. The first-order chi connectivity index (χ1) is 12.5. The van der Waals surface area contributed by atoms with Crippen molar-refractivity contribution < 1.29 is 14.1 Å². The fraction of sp³-hybridized carbons (Fsp3) is 0.389. The number of amides is 1. The highest BCUT2D eigenvalue weighted by Crippen LogP contribution is 2.32. The van der Waals surface area contributed by atoms with E-state index in [-0.39, 0.29) is 11.7 Å². The third kappa shape index (κ3) is 4.03. The second-order valence-corrected chi connectivity index (χ2v) is 7.16. The van der Waals surface area contributed by atoms with E-state index in [1.165, 1.54) is 11.3 Å². The van der Waals surface area contributed by atoms with Gasteiger partial charge in [-0.15, -0.1) is 0 Å². The Hall–Kier alpha value is -2.45. The van der Waals surface area contributed by atoms with Gasteiger partial charge in [0.25, 0.3) is 5.91 Å². The molecule has 0 aliphatic rings. The Labute approximate surface area is 156 Å². The largest absolute Gasteiger partial charge is 0.494 e.